The van der Waals surface area contributed by atoms with E-state index in [1.54, 1.807) is 0 Å². The lowest BCUT2D eigenvalue weighted by Crippen LogP contribution is -2.40. The zero-order valence-corrected chi connectivity index (χ0v) is 6.24. The molecule has 0 spiro atoms. The molecule has 1 fully saturated rings. The van der Waals surface area contributed by atoms with Gasteiger partial charge in [0.25, 0.3) is 0 Å². The van der Waals surface area contributed by atoms with Crippen molar-refractivity contribution in [2.45, 2.75) is 30.7 Å². The van der Waals surface area contributed by atoms with E-state index in [-0.39, 0.29) is 0 Å². The third-order valence-electron chi connectivity index (χ3n) is 1.84. The van der Waals surface area contributed by atoms with E-state index in [0.29, 0.717) is 0 Å². The second kappa shape index (κ2) is 3.65. The summed E-state index contributed by atoms with van der Waals surface area (Å²) < 4.78 is 4.58. The molecule has 0 aromatic carbocycles. The minimum atomic E-state index is -1.51. The largest absolute Gasteiger partial charge is 0.394 e. The van der Waals surface area contributed by atoms with Gasteiger partial charge in [-0.05, 0) is 0 Å². The van der Waals surface area contributed by atoms with Crippen molar-refractivity contribution in [2.75, 3.05) is 6.61 Å². The normalized spacial score (nSPS) is 44.8. The zero-order chi connectivity index (χ0) is 9.30. The second-order valence-electron chi connectivity index (χ2n) is 2.72. The Morgan fingerprint density at radius 1 is 1.17 bits per heavy atom. The van der Waals surface area contributed by atoms with Gasteiger partial charge in [-0.3, -0.25) is 0 Å². The van der Waals surface area contributed by atoms with Crippen molar-refractivity contribution < 1.29 is 30.3 Å². The van der Waals surface area contributed by atoms with Crippen molar-refractivity contribution in [3.05, 3.63) is 0 Å². The van der Waals surface area contributed by atoms with Crippen molar-refractivity contribution in [1.29, 1.82) is 0 Å². The van der Waals surface area contributed by atoms with Gasteiger partial charge in [0.05, 0.1) is 6.61 Å². The van der Waals surface area contributed by atoms with Gasteiger partial charge >= 0.3 is 0 Å². The van der Waals surface area contributed by atoms with E-state index in [2.05, 4.69) is 4.74 Å². The smallest absolute Gasteiger partial charge is 0.184 e. The van der Waals surface area contributed by atoms with Gasteiger partial charge in [0, 0.05) is 0 Å². The Morgan fingerprint density at radius 3 is 2.08 bits per heavy atom. The van der Waals surface area contributed by atoms with E-state index in [9.17, 15) is 0 Å². The number of aliphatic hydroxyl groups excluding tert-OH is 5. The molecule has 1 heterocycles. The van der Waals surface area contributed by atoms with Gasteiger partial charge in [-0.25, -0.2) is 0 Å². The molecule has 6 heteroatoms. The number of hydrogen-bond donors (Lipinski definition) is 5. The molecule has 6 nitrogen and oxygen atoms in total. The molecule has 0 radical (unpaired) electrons. The quantitative estimate of drug-likeness (QED) is 0.306. The Labute approximate surface area is 68.6 Å². The molecule has 0 aromatic heterocycles. The zero-order valence-electron chi connectivity index (χ0n) is 6.24. The first-order chi connectivity index (χ1) is 5.57. The highest BCUT2D eigenvalue weighted by atomic mass is 16.6. The summed E-state index contributed by atoms with van der Waals surface area (Å²) in [6, 6.07) is 0. The summed E-state index contributed by atoms with van der Waals surface area (Å²) in [5.74, 6) is 0. The lowest BCUT2D eigenvalue weighted by molar-refractivity contribution is -0.150. The Balaban J connectivity index is 2.58. The van der Waals surface area contributed by atoms with Crippen molar-refractivity contribution in [1.82, 2.24) is 0 Å². The van der Waals surface area contributed by atoms with Gasteiger partial charge in [0.15, 0.2) is 6.29 Å². The third-order valence-corrected chi connectivity index (χ3v) is 1.84. The van der Waals surface area contributed by atoms with Crippen LogP contribution in [0.3, 0.4) is 0 Å². The molecule has 1 saturated heterocycles. The van der Waals surface area contributed by atoms with Crippen LogP contribution < -0.4 is 0 Å². The Kier molecular flexibility index (Phi) is 2.99. The maximum Gasteiger partial charge on any atom is 0.184 e. The lowest BCUT2D eigenvalue weighted by atomic mass is 10.1. The van der Waals surface area contributed by atoms with Crippen LogP contribution >= 0.6 is 0 Å². The van der Waals surface area contributed by atoms with Crippen LogP contribution in [0.1, 0.15) is 0 Å². The van der Waals surface area contributed by atoms with Crippen molar-refractivity contribution >= 4 is 0 Å². The minimum Gasteiger partial charge on any atom is -0.394 e. The molecule has 0 amide bonds. The third kappa shape index (κ3) is 1.58. The topological polar surface area (TPSA) is 110 Å². The highest BCUT2D eigenvalue weighted by molar-refractivity contribution is 4.89. The first-order valence-electron chi connectivity index (χ1n) is 3.56. The predicted molar refractivity (Wildman–Crippen MR) is 36.0 cm³/mol. The van der Waals surface area contributed by atoms with Gasteiger partial charge in [-0.1, -0.05) is 0 Å². The van der Waals surface area contributed by atoms with Crippen molar-refractivity contribution in [2.24, 2.45) is 0 Å². The minimum absolute atomic E-state index is 0.596. The monoisotopic (exact) mass is 180 g/mol. The van der Waals surface area contributed by atoms with Crippen molar-refractivity contribution in [3.63, 3.8) is 0 Å². The molecule has 0 aromatic rings. The molecule has 1 aliphatic heterocycles. The average Bonchev–Trinajstić information content (AvgIpc) is 2.32. The van der Waals surface area contributed by atoms with E-state index < -0.39 is 37.3 Å². The highest BCUT2D eigenvalue weighted by Gasteiger charge is 2.44. The van der Waals surface area contributed by atoms with Crippen molar-refractivity contribution in [3.8, 4) is 0 Å². The van der Waals surface area contributed by atoms with E-state index in [1.165, 1.54) is 0 Å². The van der Waals surface area contributed by atoms with Crippen LogP contribution in [0, 0.1) is 0 Å². The summed E-state index contributed by atoms with van der Waals surface area (Å²) in [6.07, 6.45) is -6.75. The number of hydrogen-bond acceptors (Lipinski definition) is 6. The summed E-state index contributed by atoms with van der Waals surface area (Å²) in [7, 11) is 0. The number of aliphatic hydroxyl groups is 5. The van der Waals surface area contributed by atoms with E-state index >= 15 is 0 Å². The van der Waals surface area contributed by atoms with E-state index in [0.717, 1.165) is 0 Å². The fourth-order valence-electron chi connectivity index (χ4n) is 1.11. The van der Waals surface area contributed by atoms with Gasteiger partial charge in [-0.15, -0.1) is 0 Å². The Hall–Kier alpha value is -0.240. The number of rotatable bonds is 2. The summed E-state index contributed by atoms with van der Waals surface area (Å²) in [5, 5.41) is 44.4. The summed E-state index contributed by atoms with van der Waals surface area (Å²) in [5.41, 5.74) is 0. The molecule has 0 bridgehead atoms. The Morgan fingerprint density at radius 2 is 1.75 bits per heavy atom. The fraction of sp³-hybridized carbons (Fsp3) is 1.00. The first-order valence-corrected chi connectivity index (χ1v) is 3.56. The summed E-state index contributed by atoms with van der Waals surface area (Å²) in [6.45, 7) is -0.596. The predicted octanol–water partition coefficient (Wildman–Crippen LogP) is -3.22. The van der Waals surface area contributed by atoms with E-state index in [1.807, 2.05) is 0 Å². The van der Waals surface area contributed by atoms with Crippen LogP contribution in [-0.4, -0.2) is 62.8 Å². The lowest BCUT2D eigenvalue weighted by Gasteiger charge is -2.18. The second-order valence-corrected chi connectivity index (χ2v) is 2.72. The van der Waals surface area contributed by atoms with Crippen LogP contribution in [0.5, 0.6) is 0 Å². The van der Waals surface area contributed by atoms with Crippen LogP contribution in [0.15, 0.2) is 0 Å². The molecule has 0 unspecified atom stereocenters. The molecule has 5 N–H and O–H groups in total. The first kappa shape index (κ1) is 9.85. The molecular weight excluding hydrogens is 168 g/mol. The number of ether oxygens (including phenoxy) is 1. The molecule has 0 aliphatic carbocycles. The van der Waals surface area contributed by atoms with Gasteiger partial charge in [0.1, 0.15) is 24.4 Å². The van der Waals surface area contributed by atoms with Gasteiger partial charge in [-0.2, -0.15) is 0 Å². The maximum absolute atomic E-state index is 9.12. The molecule has 1 rings (SSSR count). The SMILES string of the molecule is OC[C@H](O)[C@H]1O[C@@H](O)[C@H](O)[C@@H]1O. The van der Waals surface area contributed by atoms with Crippen LogP contribution in [0.25, 0.3) is 0 Å². The summed E-state index contributed by atoms with van der Waals surface area (Å²) >= 11 is 0. The maximum atomic E-state index is 9.12. The van der Waals surface area contributed by atoms with E-state index in [4.69, 9.17) is 25.5 Å². The standard InChI is InChI=1S/C6H12O6/c7-1-2(8)5-3(9)4(10)6(11)12-5/h2-11H,1H2/t2-,3-,4+,5+,6+/m0/s1. The van der Waals surface area contributed by atoms with Gasteiger partial charge in [0.2, 0.25) is 0 Å². The average molecular weight is 180 g/mol. The molecule has 1 aliphatic rings. The summed E-state index contributed by atoms with van der Waals surface area (Å²) in [4.78, 5) is 0. The molecule has 5 atom stereocenters. The molecule has 72 valence electrons. The van der Waals surface area contributed by atoms with Crippen LogP contribution in [0.2, 0.25) is 0 Å². The van der Waals surface area contributed by atoms with Crippen LogP contribution in [-0.2, 0) is 4.74 Å². The fourth-order valence-corrected chi connectivity index (χ4v) is 1.11. The van der Waals surface area contributed by atoms with Gasteiger partial charge < -0.3 is 30.3 Å². The molecule has 12 heavy (non-hydrogen) atoms. The molecule has 0 saturated carbocycles. The highest BCUT2D eigenvalue weighted by Crippen LogP contribution is 2.21. The molecular formula is C6H12O6. The Bertz CT molecular complexity index is 151. The van der Waals surface area contributed by atoms with Crippen LogP contribution in [0.4, 0.5) is 0 Å².